The first-order valence-corrected chi connectivity index (χ1v) is 21.6. The van der Waals surface area contributed by atoms with Gasteiger partial charge in [0.2, 0.25) is 27.7 Å². The molecule has 57 heavy (non-hydrogen) atoms. The molecule has 3 N–H and O–H groups in total. The molecule has 8 atom stereocenters. The number of alkyl carbamates (subject to hydrolysis) is 1. The largest absolute Gasteiger partial charge is 0.497 e. The Morgan fingerprint density at radius 2 is 1.84 bits per heavy atom. The van der Waals surface area contributed by atoms with Gasteiger partial charge >= 0.3 is 6.09 Å². The molecule has 17 heteroatoms. The summed E-state index contributed by atoms with van der Waals surface area (Å²) in [5.74, 6) is -2.53. The smallest absolute Gasteiger partial charge is 0.408 e. The highest BCUT2D eigenvalue weighted by molar-refractivity contribution is 7.91. The molecule has 2 aliphatic heterocycles. The maximum atomic E-state index is 14.8. The number of aromatic nitrogens is 2. The van der Waals surface area contributed by atoms with Crippen LogP contribution in [0.4, 0.5) is 9.18 Å². The second kappa shape index (κ2) is 15.1. The third kappa shape index (κ3) is 8.22. The van der Waals surface area contributed by atoms with Crippen LogP contribution in [0.2, 0.25) is 0 Å². The van der Waals surface area contributed by atoms with Crippen molar-refractivity contribution in [1.29, 1.82) is 0 Å². The van der Waals surface area contributed by atoms with Crippen LogP contribution in [0.5, 0.6) is 11.6 Å². The van der Waals surface area contributed by atoms with Gasteiger partial charge in [-0.05, 0) is 87.7 Å². The first kappa shape index (κ1) is 40.9. The van der Waals surface area contributed by atoms with Crippen LogP contribution in [0.15, 0.2) is 18.2 Å². The molecular weight excluding hydrogens is 760 g/mol. The molecule has 5 aliphatic rings. The SMILES string of the molecule is COc1ccc2nc3c(nc2c1)OC1CN(C(=O)C(C(C)(C)C)NC(=O)OC2CC2CCCCC3)C(C(=O)NC2(C(=O)NS(=O)(=O)C3(C)CC3)CC2CCF)C1C. The number of nitrogens with one attached hydrogen (secondary N) is 3. The molecule has 3 aliphatic carbocycles. The van der Waals surface area contributed by atoms with E-state index in [0.29, 0.717) is 41.7 Å². The summed E-state index contributed by atoms with van der Waals surface area (Å²) in [5, 5.41) is 5.58. The van der Waals surface area contributed by atoms with Crippen LogP contribution in [-0.4, -0.2) is 102 Å². The molecule has 1 aromatic heterocycles. The third-order valence-electron chi connectivity index (χ3n) is 12.6. The average Bonchev–Trinajstić information content (AvgIpc) is 4.10. The van der Waals surface area contributed by atoms with Crippen LogP contribution in [0, 0.1) is 23.2 Å². The van der Waals surface area contributed by atoms with E-state index in [1.807, 2.05) is 12.1 Å². The fourth-order valence-corrected chi connectivity index (χ4v) is 9.63. The Morgan fingerprint density at radius 1 is 1.09 bits per heavy atom. The molecule has 2 bridgehead atoms. The number of fused-ring (bicyclic) bond motifs is 5. The van der Waals surface area contributed by atoms with E-state index in [4.69, 9.17) is 24.2 Å². The highest BCUT2D eigenvalue weighted by atomic mass is 32.2. The summed E-state index contributed by atoms with van der Waals surface area (Å²) in [7, 11) is -2.52. The lowest BCUT2D eigenvalue weighted by atomic mass is 9.85. The minimum atomic E-state index is -4.08. The molecule has 3 saturated carbocycles. The highest BCUT2D eigenvalue weighted by Crippen LogP contribution is 2.48. The Hall–Kier alpha value is -4.28. The predicted molar refractivity (Wildman–Crippen MR) is 206 cm³/mol. The van der Waals surface area contributed by atoms with Crippen molar-refractivity contribution in [1.82, 2.24) is 30.2 Å². The monoisotopic (exact) mass is 814 g/mol. The van der Waals surface area contributed by atoms with Crippen molar-refractivity contribution in [3.8, 4) is 11.6 Å². The Bertz CT molecular complexity index is 2040. The highest BCUT2D eigenvalue weighted by Gasteiger charge is 2.64. The number of ether oxygens (including phenoxy) is 3. The molecule has 4 amide bonds. The molecule has 8 unspecified atom stereocenters. The summed E-state index contributed by atoms with van der Waals surface area (Å²) in [6, 6.07) is 3.02. The number of nitrogens with zero attached hydrogens (tertiary/aromatic N) is 3. The van der Waals surface area contributed by atoms with Gasteiger partial charge in [0.25, 0.3) is 5.91 Å². The number of halogens is 1. The molecule has 15 nitrogen and oxygen atoms in total. The van der Waals surface area contributed by atoms with Crippen molar-refractivity contribution in [2.24, 2.45) is 23.2 Å². The second-order valence-electron chi connectivity index (χ2n) is 18.0. The standard InChI is InChI=1S/C40H55FN6O9S/c1-22-30-21-47(31(22)33(48)45-40(20-24(40)14-17-41)36(50)46-57(52,53)39(5)15-16-39)35(49)32(38(2,3)4)44-37(51)56-29-18-23(29)10-8-7-9-11-27-34(55-30)43-28-19-25(54-6)12-13-26(28)42-27/h12-13,19,22-24,29-32H,7-11,14-18,20-21H2,1-6H3,(H,44,51)(H,45,48)(H,46,50). The molecule has 312 valence electrons. The van der Waals surface area contributed by atoms with E-state index < -0.39 is 86.2 Å². The van der Waals surface area contributed by atoms with Crippen LogP contribution in [0.3, 0.4) is 0 Å². The minimum absolute atomic E-state index is 0.0232. The van der Waals surface area contributed by atoms with Gasteiger partial charge in [-0.25, -0.2) is 23.2 Å². The number of carbonyl (C=O) groups excluding carboxylic acids is 4. The van der Waals surface area contributed by atoms with Gasteiger partial charge in [0.15, 0.2) is 0 Å². The van der Waals surface area contributed by atoms with Crippen LogP contribution in [0.25, 0.3) is 11.0 Å². The van der Waals surface area contributed by atoms with Gasteiger partial charge in [0.1, 0.15) is 41.3 Å². The number of hydrogen-bond acceptors (Lipinski definition) is 11. The van der Waals surface area contributed by atoms with Gasteiger partial charge in [-0.15, -0.1) is 0 Å². The number of methoxy groups -OCH3 is 1. The first-order valence-electron chi connectivity index (χ1n) is 20.1. The van der Waals surface area contributed by atoms with Gasteiger partial charge in [0.05, 0.1) is 36.1 Å². The van der Waals surface area contributed by atoms with Gasteiger partial charge < -0.3 is 29.7 Å². The number of alkyl halides is 1. The van der Waals surface area contributed by atoms with E-state index in [2.05, 4.69) is 15.4 Å². The number of sulfonamides is 1. The normalized spacial score (nSPS) is 31.3. The average molecular weight is 815 g/mol. The molecule has 7 rings (SSSR count). The molecular formula is C40H55FN6O9S. The Balaban J connectivity index is 1.24. The lowest BCUT2D eigenvalue weighted by Gasteiger charge is -2.36. The fourth-order valence-electron chi connectivity index (χ4n) is 8.32. The molecule has 0 radical (unpaired) electrons. The van der Waals surface area contributed by atoms with E-state index in [1.165, 1.54) is 11.8 Å². The molecule has 1 aromatic carbocycles. The summed E-state index contributed by atoms with van der Waals surface area (Å²) in [6.45, 7) is 7.79. The summed E-state index contributed by atoms with van der Waals surface area (Å²) in [6.07, 6.45) is 3.78. The number of carbonyl (C=O) groups is 4. The summed E-state index contributed by atoms with van der Waals surface area (Å²) < 4.78 is 58.9. The lowest BCUT2D eigenvalue weighted by molar-refractivity contribution is -0.143. The molecule has 4 fully saturated rings. The lowest BCUT2D eigenvalue weighted by Crippen LogP contribution is -2.61. The van der Waals surface area contributed by atoms with E-state index in [1.54, 1.807) is 40.9 Å². The Kier molecular flexibility index (Phi) is 10.9. The molecule has 0 spiro atoms. The number of benzene rings is 1. The Morgan fingerprint density at radius 3 is 2.53 bits per heavy atom. The fraction of sp³-hybridized carbons (Fsp3) is 0.700. The summed E-state index contributed by atoms with van der Waals surface area (Å²) >= 11 is 0. The third-order valence-corrected chi connectivity index (χ3v) is 14.8. The predicted octanol–water partition coefficient (Wildman–Crippen LogP) is 4.11. The minimum Gasteiger partial charge on any atom is -0.497 e. The van der Waals surface area contributed by atoms with E-state index >= 15 is 0 Å². The number of hydrogen-bond donors (Lipinski definition) is 3. The number of amides is 4. The van der Waals surface area contributed by atoms with Crippen LogP contribution in [0.1, 0.15) is 98.1 Å². The zero-order chi connectivity index (χ0) is 41.1. The Labute approximate surface area is 333 Å². The number of rotatable bonds is 8. The molecule has 2 aromatic rings. The number of aryl methyl sites for hydroxylation is 1. The quantitative estimate of drug-likeness (QED) is 0.347. The zero-order valence-electron chi connectivity index (χ0n) is 33.6. The summed E-state index contributed by atoms with van der Waals surface area (Å²) in [4.78, 5) is 67.7. The maximum absolute atomic E-state index is 14.8. The van der Waals surface area contributed by atoms with E-state index in [-0.39, 0.29) is 37.3 Å². The second-order valence-corrected chi connectivity index (χ2v) is 20.2. The van der Waals surface area contributed by atoms with Crippen molar-refractivity contribution in [3.63, 3.8) is 0 Å². The zero-order valence-corrected chi connectivity index (χ0v) is 34.4. The maximum Gasteiger partial charge on any atom is 0.408 e. The van der Waals surface area contributed by atoms with Crippen LogP contribution < -0.4 is 24.8 Å². The van der Waals surface area contributed by atoms with Gasteiger partial charge in [-0.2, -0.15) is 0 Å². The first-order chi connectivity index (χ1) is 26.9. The topological polar surface area (TPSA) is 195 Å². The van der Waals surface area contributed by atoms with E-state index in [9.17, 15) is 32.0 Å². The van der Waals surface area contributed by atoms with Crippen molar-refractivity contribution in [3.05, 3.63) is 23.9 Å². The molecule has 3 heterocycles. The van der Waals surface area contributed by atoms with Crippen molar-refractivity contribution in [2.45, 2.75) is 133 Å². The van der Waals surface area contributed by atoms with Gasteiger partial charge in [-0.3, -0.25) is 23.5 Å². The van der Waals surface area contributed by atoms with Crippen molar-refractivity contribution >= 4 is 44.9 Å². The summed E-state index contributed by atoms with van der Waals surface area (Å²) in [5.41, 5.74) is -0.717. The van der Waals surface area contributed by atoms with Crippen LogP contribution >= 0.6 is 0 Å². The van der Waals surface area contributed by atoms with Crippen molar-refractivity contribution < 1.29 is 46.2 Å². The van der Waals surface area contributed by atoms with Gasteiger partial charge in [0, 0.05) is 12.0 Å². The van der Waals surface area contributed by atoms with E-state index in [0.717, 1.165) is 32.1 Å². The molecule has 1 saturated heterocycles. The van der Waals surface area contributed by atoms with Crippen LogP contribution in [-0.2, 0) is 35.6 Å². The van der Waals surface area contributed by atoms with Gasteiger partial charge in [-0.1, -0.05) is 40.5 Å². The van der Waals surface area contributed by atoms with Crippen molar-refractivity contribution in [2.75, 3.05) is 20.3 Å².